The van der Waals surface area contributed by atoms with Gasteiger partial charge >= 0.3 is 0 Å². The Kier molecular flexibility index (Phi) is 6.10. The highest BCUT2D eigenvalue weighted by Gasteiger charge is 2.08. The van der Waals surface area contributed by atoms with E-state index < -0.39 is 0 Å². The van der Waals surface area contributed by atoms with E-state index in [0.717, 1.165) is 5.69 Å². The number of carbonyl (C=O) groups excluding carboxylic acids is 1. The Hall–Kier alpha value is -1.66. The summed E-state index contributed by atoms with van der Waals surface area (Å²) < 4.78 is 5.17. The Bertz CT molecular complexity index is 442. The van der Waals surface area contributed by atoms with Gasteiger partial charge in [-0.2, -0.15) is 0 Å². The molecule has 1 aromatic heterocycles. The molecule has 0 unspecified atom stereocenters. The highest BCUT2D eigenvalue weighted by Crippen LogP contribution is 1.92. The van der Waals surface area contributed by atoms with Crippen molar-refractivity contribution >= 4 is 5.91 Å². The lowest BCUT2D eigenvalue weighted by Crippen LogP contribution is -2.30. The van der Waals surface area contributed by atoms with E-state index in [1.165, 1.54) is 12.3 Å². The third-order valence-corrected chi connectivity index (χ3v) is 2.32. The van der Waals surface area contributed by atoms with Crippen LogP contribution in [0.4, 0.5) is 0 Å². The van der Waals surface area contributed by atoms with Crippen molar-refractivity contribution in [2.24, 2.45) is 5.73 Å². The molecule has 0 spiro atoms. The highest BCUT2D eigenvalue weighted by molar-refractivity contribution is 5.93. The molecular formula is C12H19N3O3. The summed E-state index contributed by atoms with van der Waals surface area (Å²) >= 11 is 0. The molecule has 6 heteroatoms. The van der Waals surface area contributed by atoms with Crippen molar-refractivity contribution < 1.29 is 9.53 Å². The number of pyridine rings is 1. The molecule has 0 aliphatic rings. The average molecular weight is 253 g/mol. The number of hydrogen-bond donors (Lipinski definition) is 3. The molecule has 100 valence electrons. The molecule has 0 aromatic carbocycles. The lowest BCUT2D eigenvalue weighted by Gasteiger charge is -2.05. The zero-order valence-corrected chi connectivity index (χ0v) is 10.5. The lowest BCUT2D eigenvalue weighted by atomic mass is 10.2. The number of amides is 1. The Morgan fingerprint density at radius 2 is 2.28 bits per heavy atom. The number of hydrogen-bond acceptors (Lipinski definition) is 4. The maximum absolute atomic E-state index is 11.7. The summed E-state index contributed by atoms with van der Waals surface area (Å²) in [4.78, 5) is 26.1. The topological polar surface area (TPSA) is 97.2 Å². The standard InChI is InChI=1S/C12H19N3O3/c1-9-7-11(16)10(8-15-9)12(17)14-4-2-5-18-6-3-13/h7-8H,2-6,13H2,1H3,(H,14,17)(H,15,16). The van der Waals surface area contributed by atoms with Crippen molar-refractivity contribution in [3.63, 3.8) is 0 Å². The number of H-pyrrole nitrogens is 1. The first-order valence-electron chi connectivity index (χ1n) is 5.90. The number of aromatic amines is 1. The molecule has 6 nitrogen and oxygen atoms in total. The molecule has 0 saturated carbocycles. The van der Waals surface area contributed by atoms with Gasteiger partial charge in [0, 0.05) is 37.7 Å². The normalized spacial score (nSPS) is 10.3. The minimum atomic E-state index is -0.366. The fourth-order valence-corrected chi connectivity index (χ4v) is 1.41. The molecule has 0 fully saturated rings. The third kappa shape index (κ3) is 4.68. The van der Waals surface area contributed by atoms with Crippen LogP contribution in [0.2, 0.25) is 0 Å². The zero-order chi connectivity index (χ0) is 13.4. The molecule has 18 heavy (non-hydrogen) atoms. The van der Waals surface area contributed by atoms with E-state index in [2.05, 4.69) is 10.3 Å². The molecule has 0 atom stereocenters. The molecule has 4 N–H and O–H groups in total. The van der Waals surface area contributed by atoms with Crippen LogP contribution in [0.1, 0.15) is 22.5 Å². The first kappa shape index (κ1) is 14.4. The quantitative estimate of drug-likeness (QED) is 0.585. The fourth-order valence-electron chi connectivity index (χ4n) is 1.41. The van der Waals surface area contributed by atoms with E-state index in [1.54, 1.807) is 6.92 Å². The van der Waals surface area contributed by atoms with Crippen LogP contribution < -0.4 is 16.5 Å². The second kappa shape index (κ2) is 7.62. The van der Waals surface area contributed by atoms with E-state index in [0.29, 0.717) is 32.7 Å². The summed E-state index contributed by atoms with van der Waals surface area (Å²) in [6.07, 6.45) is 2.12. The first-order chi connectivity index (χ1) is 8.65. The van der Waals surface area contributed by atoms with Crippen LogP contribution in [0.5, 0.6) is 0 Å². The monoisotopic (exact) mass is 253 g/mol. The fraction of sp³-hybridized carbons (Fsp3) is 0.500. The number of aryl methyl sites for hydroxylation is 1. The van der Waals surface area contributed by atoms with Gasteiger partial charge in [0.25, 0.3) is 5.91 Å². The number of ether oxygens (including phenoxy) is 1. The van der Waals surface area contributed by atoms with Crippen molar-refractivity contribution in [3.8, 4) is 0 Å². The summed E-state index contributed by atoms with van der Waals surface area (Å²) in [6, 6.07) is 1.40. The molecule has 1 amide bonds. The van der Waals surface area contributed by atoms with E-state index in [9.17, 15) is 9.59 Å². The maximum Gasteiger partial charge on any atom is 0.256 e. The van der Waals surface area contributed by atoms with Gasteiger partial charge in [-0.15, -0.1) is 0 Å². The minimum absolute atomic E-state index is 0.128. The molecule has 1 heterocycles. The molecule has 0 aliphatic heterocycles. The van der Waals surface area contributed by atoms with Crippen LogP contribution in [0.15, 0.2) is 17.1 Å². The summed E-state index contributed by atoms with van der Waals surface area (Å²) in [7, 11) is 0. The summed E-state index contributed by atoms with van der Waals surface area (Å²) in [6.45, 7) is 3.78. The average Bonchev–Trinajstić information content (AvgIpc) is 2.33. The Morgan fingerprint density at radius 3 is 2.94 bits per heavy atom. The van der Waals surface area contributed by atoms with Crippen LogP contribution in [0.3, 0.4) is 0 Å². The van der Waals surface area contributed by atoms with Gasteiger partial charge < -0.3 is 20.8 Å². The van der Waals surface area contributed by atoms with E-state index in [4.69, 9.17) is 10.5 Å². The predicted molar refractivity (Wildman–Crippen MR) is 68.6 cm³/mol. The highest BCUT2D eigenvalue weighted by atomic mass is 16.5. The van der Waals surface area contributed by atoms with Crippen LogP contribution in [-0.2, 0) is 4.74 Å². The minimum Gasteiger partial charge on any atom is -0.380 e. The number of nitrogens with one attached hydrogen (secondary N) is 2. The summed E-state index contributed by atoms with van der Waals surface area (Å²) in [5.74, 6) is -0.366. The van der Waals surface area contributed by atoms with Crippen LogP contribution in [-0.4, -0.2) is 37.2 Å². The van der Waals surface area contributed by atoms with Crippen LogP contribution >= 0.6 is 0 Å². The summed E-state index contributed by atoms with van der Waals surface area (Å²) in [5.41, 5.74) is 5.85. The van der Waals surface area contributed by atoms with Crippen molar-refractivity contribution in [1.82, 2.24) is 10.3 Å². The molecule has 1 aromatic rings. The molecule has 0 aliphatic carbocycles. The second-order valence-corrected chi connectivity index (χ2v) is 3.90. The first-order valence-corrected chi connectivity index (χ1v) is 5.90. The zero-order valence-electron chi connectivity index (χ0n) is 10.5. The van der Waals surface area contributed by atoms with Crippen molar-refractivity contribution in [2.75, 3.05) is 26.3 Å². The predicted octanol–water partition coefficient (Wildman–Crippen LogP) is -0.221. The largest absolute Gasteiger partial charge is 0.380 e. The van der Waals surface area contributed by atoms with Gasteiger partial charge in [0.1, 0.15) is 5.56 Å². The maximum atomic E-state index is 11.7. The van der Waals surface area contributed by atoms with Crippen molar-refractivity contribution in [1.29, 1.82) is 0 Å². The molecule has 0 saturated heterocycles. The van der Waals surface area contributed by atoms with Gasteiger partial charge in [-0.05, 0) is 13.3 Å². The van der Waals surface area contributed by atoms with E-state index >= 15 is 0 Å². The van der Waals surface area contributed by atoms with Gasteiger partial charge in [-0.25, -0.2) is 0 Å². The number of aromatic nitrogens is 1. The van der Waals surface area contributed by atoms with Crippen LogP contribution in [0.25, 0.3) is 0 Å². The Labute approximate surface area is 106 Å². The Morgan fingerprint density at radius 1 is 1.50 bits per heavy atom. The molecular weight excluding hydrogens is 234 g/mol. The molecule has 1 rings (SSSR count). The van der Waals surface area contributed by atoms with Gasteiger partial charge in [0.15, 0.2) is 5.43 Å². The lowest BCUT2D eigenvalue weighted by molar-refractivity contribution is 0.0941. The van der Waals surface area contributed by atoms with Gasteiger partial charge in [0.05, 0.1) is 6.61 Å². The van der Waals surface area contributed by atoms with Crippen molar-refractivity contribution in [2.45, 2.75) is 13.3 Å². The number of rotatable bonds is 7. The van der Waals surface area contributed by atoms with Gasteiger partial charge in [-0.3, -0.25) is 9.59 Å². The van der Waals surface area contributed by atoms with Gasteiger partial charge in [-0.1, -0.05) is 0 Å². The van der Waals surface area contributed by atoms with E-state index in [1.807, 2.05) is 0 Å². The van der Waals surface area contributed by atoms with E-state index in [-0.39, 0.29) is 16.9 Å². The number of carbonyl (C=O) groups is 1. The SMILES string of the molecule is Cc1cc(=O)c(C(=O)NCCCOCCN)c[nH]1. The van der Waals surface area contributed by atoms with Crippen LogP contribution in [0, 0.1) is 6.92 Å². The molecule has 0 bridgehead atoms. The smallest absolute Gasteiger partial charge is 0.256 e. The van der Waals surface area contributed by atoms with Crippen molar-refractivity contribution in [3.05, 3.63) is 33.7 Å². The molecule has 0 radical (unpaired) electrons. The second-order valence-electron chi connectivity index (χ2n) is 3.90. The summed E-state index contributed by atoms with van der Waals surface area (Å²) in [5, 5.41) is 2.67. The Balaban J connectivity index is 2.34. The van der Waals surface area contributed by atoms with Gasteiger partial charge in [0.2, 0.25) is 0 Å². The number of nitrogens with two attached hydrogens (primary N) is 1. The third-order valence-electron chi connectivity index (χ3n) is 2.32.